The number of benzene rings is 2. The monoisotopic (exact) mass is 467 g/mol. The van der Waals surface area contributed by atoms with E-state index in [0.29, 0.717) is 29.4 Å². The van der Waals surface area contributed by atoms with Gasteiger partial charge >= 0.3 is 0 Å². The summed E-state index contributed by atoms with van der Waals surface area (Å²) < 4.78 is 16.4. The van der Waals surface area contributed by atoms with Crippen LogP contribution in [0.25, 0.3) is 5.76 Å². The average Bonchev–Trinajstić information content (AvgIpc) is 3.08. The Kier molecular flexibility index (Phi) is 8.21. The molecule has 1 atom stereocenters. The predicted molar refractivity (Wildman–Crippen MR) is 130 cm³/mol. The van der Waals surface area contributed by atoms with Crippen molar-refractivity contribution in [3.8, 4) is 17.2 Å². The number of carbonyl (C=O) groups is 2. The quantitative estimate of drug-likeness (QED) is 0.226. The number of aliphatic hydroxyl groups excluding tert-OH is 1. The number of unbranched alkanes of at least 4 members (excludes halogenated alkanes) is 2. The van der Waals surface area contributed by atoms with Crippen LogP contribution in [0.4, 0.5) is 0 Å². The Balaban J connectivity index is 2.13. The van der Waals surface area contributed by atoms with E-state index in [1.54, 1.807) is 23.1 Å². The summed E-state index contributed by atoms with van der Waals surface area (Å²) >= 11 is 0. The molecule has 0 saturated carbocycles. The van der Waals surface area contributed by atoms with Gasteiger partial charge in [-0.3, -0.25) is 9.59 Å². The van der Waals surface area contributed by atoms with Crippen molar-refractivity contribution >= 4 is 17.4 Å². The molecule has 2 aromatic carbocycles. The Bertz CT molecular complexity index is 1060. The predicted octanol–water partition coefficient (Wildman–Crippen LogP) is 5.10. The van der Waals surface area contributed by atoms with Crippen LogP contribution < -0.4 is 14.2 Å². The number of rotatable bonds is 10. The molecule has 1 heterocycles. The third-order valence-corrected chi connectivity index (χ3v) is 5.77. The minimum Gasteiger partial charge on any atom is -0.507 e. The molecule has 34 heavy (non-hydrogen) atoms. The number of carbonyl (C=O) groups excluding carboxylic acids is 2. The molecule has 0 aromatic heterocycles. The highest BCUT2D eigenvalue weighted by Crippen LogP contribution is 2.42. The SMILES string of the molecule is CCCCCN1C(=O)C(=O)/C(=C(\O)c2ccc(OC)cc2OC)C1c1ccc(OC(C)C)cc1. The highest BCUT2D eigenvalue weighted by Gasteiger charge is 2.46. The van der Waals surface area contributed by atoms with E-state index in [1.807, 2.05) is 38.1 Å². The molecule has 182 valence electrons. The lowest BCUT2D eigenvalue weighted by Gasteiger charge is -2.25. The minimum absolute atomic E-state index is 0.0214. The fourth-order valence-electron chi connectivity index (χ4n) is 4.13. The van der Waals surface area contributed by atoms with Crippen molar-refractivity contribution < 1.29 is 28.9 Å². The van der Waals surface area contributed by atoms with Crippen LogP contribution in [0, 0.1) is 0 Å². The molecule has 1 saturated heterocycles. The number of hydrogen-bond donors (Lipinski definition) is 1. The summed E-state index contributed by atoms with van der Waals surface area (Å²) in [5.41, 5.74) is 1.09. The van der Waals surface area contributed by atoms with Crippen molar-refractivity contribution in [2.45, 2.75) is 52.2 Å². The maximum Gasteiger partial charge on any atom is 0.295 e. The van der Waals surface area contributed by atoms with Crippen molar-refractivity contribution in [3.63, 3.8) is 0 Å². The summed E-state index contributed by atoms with van der Waals surface area (Å²) in [6.45, 7) is 6.39. The molecule has 0 aliphatic carbocycles. The van der Waals surface area contributed by atoms with E-state index in [2.05, 4.69) is 6.92 Å². The minimum atomic E-state index is -0.711. The van der Waals surface area contributed by atoms with Gasteiger partial charge in [0, 0.05) is 12.6 Å². The zero-order valence-electron chi connectivity index (χ0n) is 20.5. The van der Waals surface area contributed by atoms with Gasteiger partial charge in [-0.05, 0) is 50.1 Å². The van der Waals surface area contributed by atoms with E-state index in [-0.39, 0.29) is 17.4 Å². The molecule has 1 aliphatic rings. The van der Waals surface area contributed by atoms with Gasteiger partial charge in [0.15, 0.2) is 0 Å². The van der Waals surface area contributed by atoms with Crippen LogP contribution in [0.1, 0.15) is 57.2 Å². The first-order valence-corrected chi connectivity index (χ1v) is 11.6. The van der Waals surface area contributed by atoms with E-state index in [4.69, 9.17) is 14.2 Å². The van der Waals surface area contributed by atoms with Gasteiger partial charge < -0.3 is 24.2 Å². The molecule has 0 spiro atoms. The Labute approximate surface area is 200 Å². The van der Waals surface area contributed by atoms with Crippen LogP contribution in [0.2, 0.25) is 0 Å². The summed E-state index contributed by atoms with van der Waals surface area (Å²) in [5.74, 6) is -0.0157. The van der Waals surface area contributed by atoms with Crippen molar-refractivity contribution in [3.05, 3.63) is 59.2 Å². The first-order valence-electron chi connectivity index (χ1n) is 11.6. The number of Topliss-reactive ketones (excluding diaryl/α,β-unsaturated/α-hetero) is 1. The van der Waals surface area contributed by atoms with E-state index >= 15 is 0 Å². The van der Waals surface area contributed by atoms with E-state index in [0.717, 1.165) is 24.8 Å². The fourth-order valence-corrected chi connectivity index (χ4v) is 4.13. The number of methoxy groups -OCH3 is 2. The normalized spacial score (nSPS) is 17.4. The first kappa shape index (κ1) is 25.1. The number of amides is 1. The lowest BCUT2D eigenvalue weighted by molar-refractivity contribution is -0.139. The molecular formula is C27H33NO6. The van der Waals surface area contributed by atoms with Crippen molar-refractivity contribution in [1.82, 2.24) is 4.90 Å². The van der Waals surface area contributed by atoms with Crippen molar-refractivity contribution in [2.75, 3.05) is 20.8 Å². The number of likely N-dealkylation sites (tertiary alicyclic amines) is 1. The number of hydrogen-bond acceptors (Lipinski definition) is 6. The lowest BCUT2D eigenvalue weighted by atomic mass is 9.94. The van der Waals surface area contributed by atoms with Gasteiger partial charge in [0.1, 0.15) is 23.0 Å². The Hall–Kier alpha value is -3.48. The molecule has 0 bridgehead atoms. The molecule has 7 heteroatoms. The van der Waals surface area contributed by atoms with Gasteiger partial charge in [-0.15, -0.1) is 0 Å². The van der Waals surface area contributed by atoms with Gasteiger partial charge in [-0.1, -0.05) is 31.9 Å². The van der Waals surface area contributed by atoms with Gasteiger partial charge in [-0.25, -0.2) is 0 Å². The number of ether oxygens (including phenoxy) is 3. The largest absolute Gasteiger partial charge is 0.507 e. The zero-order valence-corrected chi connectivity index (χ0v) is 20.5. The van der Waals surface area contributed by atoms with Gasteiger partial charge in [0.25, 0.3) is 11.7 Å². The highest BCUT2D eigenvalue weighted by atomic mass is 16.5. The maximum absolute atomic E-state index is 13.2. The van der Waals surface area contributed by atoms with Crippen molar-refractivity contribution in [2.24, 2.45) is 0 Å². The van der Waals surface area contributed by atoms with Gasteiger partial charge in [-0.2, -0.15) is 0 Å². The first-order chi connectivity index (χ1) is 16.3. The summed E-state index contributed by atoms with van der Waals surface area (Å²) in [6, 6.07) is 11.5. The van der Waals surface area contributed by atoms with E-state index in [9.17, 15) is 14.7 Å². The molecule has 1 aliphatic heterocycles. The zero-order chi connectivity index (χ0) is 24.8. The molecule has 0 radical (unpaired) electrons. The number of nitrogens with zero attached hydrogens (tertiary/aromatic N) is 1. The molecule has 3 rings (SSSR count). The standard InChI is InChI=1S/C27H33NO6/c1-6-7-8-15-28-24(18-9-11-19(12-10-18)34-17(2)3)23(26(30)27(28)31)25(29)21-14-13-20(32-4)16-22(21)33-5/h9-14,16-17,24,29H,6-8,15H2,1-5H3/b25-23-. The second kappa shape index (κ2) is 11.1. The van der Waals surface area contributed by atoms with Crippen LogP contribution in [-0.2, 0) is 9.59 Å². The Morgan fingerprint density at radius 1 is 1.00 bits per heavy atom. The van der Waals surface area contributed by atoms with Gasteiger partial charge in [0.2, 0.25) is 0 Å². The van der Waals surface area contributed by atoms with Crippen LogP contribution in [0.5, 0.6) is 17.2 Å². The van der Waals surface area contributed by atoms with Crippen LogP contribution in [-0.4, -0.2) is 48.6 Å². The second-order valence-electron chi connectivity index (χ2n) is 8.50. The second-order valence-corrected chi connectivity index (χ2v) is 8.50. The van der Waals surface area contributed by atoms with E-state index in [1.165, 1.54) is 14.2 Å². The number of ketones is 1. The molecule has 7 nitrogen and oxygen atoms in total. The smallest absolute Gasteiger partial charge is 0.295 e. The molecule has 2 aromatic rings. The Morgan fingerprint density at radius 2 is 1.68 bits per heavy atom. The van der Waals surface area contributed by atoms with Crippen LogP contribution in [0.15, 0.2) is 48.0 Å². The lowest BCUT2D eigenvalue weighted by Crippen LogP contribution is -2.30. The summed E-state index contributed by atoms with van der Waals surface area (Å²) in [4.78, 5) is 27.8. The summed E-state index contributed by atoms with van der Waals surface area (Å²) in [6.07, 6.45) is 2.70. The maximum atomic E-state index is 13.2. The molecule has 1 N–H and O–H groups in total. The van der Waals surface area contributed by atoms with Crippen LogP contribution >= 0.6 is 0 Å². The molecule has 1 fully saturated rings. The topological polar surface area (TPSA) is 85.3 Å². The Morgan fingerprint density at radius 3 is 2.26 bits per heavy atom. The summed E-state index contributed by atoms with van der Waals surface area (Å²) in [7, 11) is 3.00. The van der Waals surface area contributed by atoms with Crippen molar-refractivity contribution in [1.29, 1.82) is 0 Å². The van der Waals surface area contributed by atoms with Gasteiger partial charge in [0.05, 0.1) is 37.5 Å². The van der Waals surface area contributed by atoms with Crippen LogP contribution in [0.3, 0.4) is 0 Å². The molecular weight excluding hydrogens is 434 g/mol. The third-order valence-electron chi connectivity index (χ3n) is 5.77. The molecule has 1 amide bonds. The number of aliphatic hydroxyl groups is 1. The molecule has 1 unspecified atom stereocenters. The average molecular weight is 468 g/mol. The highest BCUT2D eigenvalue weighted by molar-refractivity contribution is 6.46. The third kappa shape index (κ3) is 5.19. The van der Waals surface area contributed by atoms with E-state index < -0.39 is 17.7 Å². The summed E-state index contributed by atoms with van der Waals surface area (Å²) in [5, 5.41) is 11.3. The fraction of sp³-hybridized carbons (Fsp3) is 0.407.